The summed E-state index contributed by atoms with van der Waals surface area (Å²) >= 11 is 0. The largest absolute Gasteiger partial charge is 0.317 e. The Bertz CT molecular complexity index is 185. The van der Waals surface area contributed by atoms with Crippen LogP contribution >= 0.6 is 0 Å². The molecule has 0 aromatic heterocycles. The van der Waals surface area contributed by atoms with Crippen molar-refractivity contribution >= 4 is 0 Å². The van der Waals surface area contributed by atoms with E-state index < -0.39 is 0 Å². The van der Waals surface area contributed by atoms with Gasteiger partial charge in [0.2, 0.25) is 0 Å². The Balaban J connectivity index is 1.79. The summed E-state index contributed by atoms with van der Waals surface area (Å²) in [7, 11) is 2.11. The third kappa shape index (κ3) is 2.94. The van der Waals surface area contributed by atoms with E-state index >= 15 is 0 Å². The predicted molar refractivity (Wildman–Crippen MR) is 65.1 cm³/mol. The van der Waals surface area contributed by atoms with Gasteiger partial charge in [0.25, 0.3) is 0 Å². The van der Waals surface area contributed by atoms with E-state index in [1.54, 1.807) is 0 Å². The lowest BCUT2D eigenvalue weighted by molar-refractivity contribution is 0.0974. The van der Waals surface area contributed by atoms with Crippen molar-refractivity contribution in [1.29, 1.82) is 0 Å². The molecule has 2 fully saturated rings. The van der Waals surface area contributed by atoms with Gasteiger partial charge in [0.05, 0.1) is 0 Å². The quantitative estimate of drug-likeness (QED) is 0.752. The Morgan fingerprint density at radius 1 is 1.07 bits per heavy atom. The third-order valence-electron chi connectivity index (χ3n) is 4.31. The van der Waals surface area contributed by atoms with Gasteiger partial charge < -0.3 is 10.2 Å². The number of nitrogens with zero attached hydrogens (tertiary/aromatic N) is 1. The molecule has 1 aliphatic heterocycles. The standard InChI is InChI=1S/C13H26N2/c1-11-4-3-9-15(10-11)13-7-5-12(14-2)6-8-13/h11-14H,3-10H2,1-2H3. The first-order chi connectivity index (χ1) is 7.29. The summed E-state index contributed by atoms with van der Waals surface area (Å²) in [4.78, 5) is 2.76. The van der Waals surface area contributed by atoms with Gasteiger partial charge in [-0.2, -0.15) is 0 Å². The molecule has 2 nitrogen and oxygen atoms in total. The molecule has 1 heterocycles. The van der Waals surface area contributed by atoms with Crippen LogP contribution in [0.3, 0.4) is 0 Å². The van der Waals surface area contributed by atoms with Gasteiger partial charge in [0.1, 0.15) is 0 Å². The van der Waals surface area contributed by atoms with Crippen LogP contribution in [0.5, 0.6) is 0 Å². The fraction of sp³-hybridized carbons (Fsp3) is 1.00. The van der Waals surface area contributed by atoms with Gasteiger partial charge in [-0.3, -0.25) is 0 Å². The van der Waals surface area contributed by atoms with E-state index in [0.29, 0.717) is 0 Å². The number of likely N-dealkylation sites (tertiary alicyclic amines) is 1. The maximum atomic E-state index is 3.42. The minimum atomic E-state index is 0.795. The highest BCUT2D eigenvalue weighted by Gasteiger charge is 2.27. The maximum absolute atomic E-state index is 3.42. The van der Waals surface area contributed by atoms with Crippen molar-refractivity contribution < 1.29 is 0 Å². The summed E-state index contributed by atoms with van der Waals surface area (Å²) in [5.74, 6) is 0.931. The van der Waals surface area contributed by atoms with Gasteiger partial charge in [-0.25, -0.2) is 0 Å². The van der Waals surface area contributed by atoms with Crippen LogP contribution in [0.4, 0.5) is 0 Å². The fourth-order valence-corrected chi connectivity index (χ4v) is 3.29. The molecular weight excluding hydrogens is 184 g/mol. The minimum Gasteiger partial charge on any atom is -0.317 e. The van der Waals surface area contributed by atoms with Crippen LogP contribution in [0.25, 0.3) is 0 Å². The van der Waals surface area contributed by atoms with Crippen molar-refractivity contribution in [2.24, 2.45) is 5.92 Å². The van der Waals surface area contributed by atoms with Gasteiger partial charge in [-0.05, 0) is 58.0 Å². The molecule has 1 atom stereocenters. The van der Waals surface area contributed by atoms with Crippen molar-refractivity contribution in [1.82, 2.24) is 10.2 Å². The maximum Gasteiger partial charge on any atom is 0.00965 e. The van der Waals surface area contributed by atoms with Crippen molar-refractivity contribution in [3.63, 3.8) is 0 Å². The zero-order chi connectivity index (χ0) is 10.7. The second kappa shape index (κ2) is 5.31. The highest BCUT2D eigenvalue weighted by Crippen LogP contribution is 2.27. The molecule has 2 heteroatoms. The van der Waals surface area contributed by atoms with Crippen LogP contribution in [0.1, 0.15) is 45.4 Å². The van der Waals surface area contributed by atoms with Crippen LogP contribution in [-0.4, -0.2) is 37.1 Å². The normalized spacial score (nSPS) is 39.2. The molecule has 1 saturated carbocycles. The summed E-state index contributed by atoms with van der Waals surface area (Å²) in [6, 6.07) is 1.70. The van der Waals surface area contributed by atoms with E-state index in [-0.39, 0.29) is 0 Å². The average Bonchev–Trinajstić information content (AvgIpc) is 2.29. The number of hydrogen-bond acceptors (Lipinski definition) is 2. The van der Waals surface area contributed by atoms with E-state index in [1.807, 2.05) is 0 Å². The molecule has 88 valence electrons. The number of piperidine rings is 1. The molecule has 15 heavy (non-hydrogen) atoms. The van der Waals surface area contributed by atoms with Gasteiger partial charge in [-0.15, -0.1) is 0 Å². The van der Waals surface area contributed by atoms with Gasteiger partial charge in [-0.1, -0.05) is 6.92 Å². The number of rotatable bonds is 2. The average molecular weight is 210 g/mol. The molecule has 2 rings (SSSR count). The first-order valence-corrected chi connectivity index (χ1v) is 6.71. The van der Waals surface area contributed by atoms with E-state index in [1.165, 1.54) is 51.6 Å². The van der Waals surface area contributed by atoms with Crippen molar-refractivity contribution in [2.75, 3.05) is 20.1 Å². The Labute approximate surface area is 94.4 Å². The lowest BCUT2D eigenvalue weighted by atomic mass is 9.88. The van der Waals surface area contributed by atoms with E-state index in [0.717, 1.165) is 18.0 Å². The van der Waals surface area contributed by atoms with Crippen molar-refractivity contribution in [3.8, 4) is 0 Å². The highest BCUT2D eigenvalue weighted by molar-refractivity contribution is 4.84. The fourth-order valence-electron chi connectivity index (χ4n) is 3.29. The van der Waals surface area contributed by atoms with Gasteiger partial charge >= 0.3 is 0 Å². The van der Waals surface area contributed by atoms with E-state index in [2.05, 4.69) is 24.2 Å². The van der Waals surface area contributed by atoms with Crippen molar-refractivity contribution in [2.45, 2.75) is 57.5 Å². The van der Waals surface area contributed by atoms with Gasteiger partial charge in [0, 0.05) is 18.6 Å². The zero-order valence-corrected chi connectivity index (χ0v) is 10.3. The third-order valence-corrected chi connectivity index (χ3v) is 4.31. The molecule has 1 N–H and O–H groups in total. The molecule has 0 aromatic rings. The zero-order valence-electron chi connectivity index (χ0n) is 10.3. The van der Waals surface area contributed by atoms with Gasteiger partial charge in [0.15, 0.2) is 0 Å². The molecule has 0 aromatic carbocycles. The molecule has 1 saturated heterocycles. The second-order valence-corrected chi connectivity index (χ2v) is 5.54. The topological polar surface area (TPSA) is 15.3 Å². The first kappa shape index (κ1) is 11.4. The summed E-state index contributed by atoms with van der Waals surface area (Å²) in [6.45, 7) is 5.12. The molecule has 1 unspecified atom stereocenters. The first-order valence-electron chi connectivity index (χ1n) is 6.71. The molecule has 0 bridgehead atoms. The molecule has 1 aliphatic carbocycles. The lowest BCUT2D eigenvalue weighted by Gasteiger charge is -2.40. The Kier molecular flexibility index (Phi) is 4.04. The molecule has 0 radical (unpaired) electrons. The minimum absolute atomic E-state index is 0.795. The monoisotopic (exact) mass is 210 g/mol. The summed E-state index contributed by atoms with van der Waals surface area (Å²) < 4.78 is 0. The predicted octanol–water partition coefficient (Wildman–Crippen LogP) is 2.25. The summed E-state index contributed by atoms with van der Waals surface area (Å²) in [6.07, 6.45) is 8.46. The molecule has 0 spiro atoms. The number of hydrogen-bond donors (Lipinski definition) is 1. The molecule has 0 amide bonds. The summed E-state index contributed by atoms with van der Waals surface area (Å²) in [5, 5.41) is 3.42. The smallest absolute Gasteiger partial charge is 0.00965 e. The van der Waals surface area contributed by atoms with Crippen LogP contribution in [0, 0.1) is 5.92 Å². The molecule has 2 aliphatic rings. The van der Waals surface area contributed by atoms with Crippen LogP contribution in [0.15, 0.2) is 0 Å². The van der Waals surface area contributed by atoms with Crippen LogP contribution in [0.2, 0.25) is 0 Å². The highest BCUT2D eigenvalue weighted by atomic mass is 15.2. The summed E-state index contributed by atoms with van der Waals surface area (Å²) in [5.41, 5.74) is 0. The Morgan fingerprint density at radius 2 is 1.80 bits per heavy atom. The second-order valence-electron chi connectivity index (χ2n) is 5.54. The van der Waals surface area contributed by atoms with Crippen LogP contribution in [-0.2, 0) is 0 Å². The Hall–Kier alpha value is -0.0800. The Morgan fingerprint density at radius 3 is 2.40 bits per heavy atom. The molecular formula is C13H26N2. The van der Waals surface area contributed by atoms with Crippen molar-refractivity contribution in [3.05, 3.63) is 0 Å². The lowest BCUT2D eigenvalue weighted by Crippen LogP contribution is -2.45. The van der Waals surface area contributed by atoms with E-state index in [4.69, 9.17) is 0 Å². The van der Waals surface area contributed by atoms with Crippen LogP contribution < -0.4 is 5.32 Å². The van der Waals surface area contributed by atoms with E-state index in [9.17, 15) is 0 Å². The number of nitrogens with one attached hydrogen (secondary N) is 1. The SMILES string of the molecule is CNC1CCC(N2CCCC(C)C2)CC1.